The number of nitrogens with zero attached hydrogens (tertiary/aromatic N) is 1. The van der Waals surface area contributed by atoms with Gasteiger partial charge in [-0.15, -0.1) is 0 Å². The molecule has 2 rings (SSSR count). The second-order valence-electron chi connectivity index (χ2n) is 5.94. The highest BCUT2D eigenvalue weighted by Gasteiger charge is 2.24. The van der Waals surface area contributed by atoms with Crippen molar-refractivity contribution in [3.8, 4) is 0 Å². The summed E-state index contributed by atoms with van der Waals surface area (Å²) in [5.74, 6) is -0.229. The SMILES string of the molecule is CCC1CCCCCN1c1cc(C)c(F)cc1C(C)O. The lowest BCUT2D eigenvalue weighted by Gasteiger charge is -2.34. The minimum absolute atomic E-state index is 0.229. The molecule has 3 heteroatoms. The third kappa shape index (κ3) is 3.14. The van der Waals surface area contributed by atoms with Gasteiger partial charge in [-0.3, -0.25) is 0 Å². The van der Waals surface area contributed by atoms with Crippen molar-refractivity contribution in [1.29, 1.82) is 0 Å². The third-order valence-corrected chi connectivity index (χ3v) is 4.42. The predicted octanol–water partition coefficient (Wildman–Crippen LogP) is 4.35. The second kappa shape index (κ2) is 6.57. The van der Waals surface area contributed by atoms with Gasteiger partial charge in [0, 0.05) is 23.8 Å². The fourth-order valence-electron chi connectivity index (χ4n) is 3.18. The Morgan fingerprint density at radius 3 is 2.75 bits per heavy atom. The number of rotatable bonds is 3. The number of hydrogen-bond acceptors (Lipinski definition) is 2. The maximum absolute atomic E-state index is 13.8. The van der Waals surface area contributed by atoms with Crippen molar-refractivity contribution in [3.63, 3.8) is 0 Å². The monoisotopic (exact) mass is 279 g/mol. The van der Waals surface area contributed by atoms with Crippen LogP contribution < -0.4 is 4.90 Å². The lowest BCUT2D eigenvalue weighted by molar-refractivity contribution is 0.199. The smallest absolute Gasteiger partial charge is 0.126 e. The third-order valence-electron chi connectivity index (χ3n) is 4.42. The van der Waals surface area contributed by atoms with Crippen molar-refractivity contribution >= 4 is 5.69 Å². The maximum Gasteiger partial charge on any atom is 0.126 e. The Morgan fingerprint density at radius 1 is 1.35 bits per heavy atom. The first-order valence-electron chi connectivity index (χ1n) is 7.79. The molecular formula is C17H26FNO. The van der Waals surface area contributed by atoms with Crippen LogP contribution in [0.25, 0.3) is 0 Å². The van der Waals surface area contributed by atoms with Crippen molar-refractivity contribution < 1.29 is 9.50 Å². The molecule has 20 heavy (non-hydrogen) atoms. The summed E-state index contributed by atoms with van der Waals surface area (Å²) >= 11 is 0. The standard InChI is InChI=1S/C17H26FNO/c1-4-14-8-6-5-7-9-19(14)17-10-12(2)16(18)11-15(17)13(3)20/h10-11,13-14,20H,4-9H2,1-3H3. The number of halogens is 1. The van der Waals surface area contributed by atoms with E-state index in [0.717, 1.165) is 18.7 Å². The van der Waals surface area contributed by atoms with E-state index in [0.29, 0.717) is 17.2 Å². The summed E-state index contributed by atoms with van der Waals surface area (Å²) in [5, 5.41) is 9.99. The first-order valence-corrected chi connectivity index (χ1v) is 7.79. The summed E-state index contributed by atoms with van der Waals surface area (Å²) < 4.78 is 13.8. The Morgan fingerprint density at radius 2 is 2.10 bits per heavy atom. The van der Waals surface area contributed by atoms with E-state index in [1.807, 2.05) is 6.07 Å². The molecule has 1 saturated heterocycles. The molecule has 1 aromatic carbocycles. The number of hydrogen-bond donors (Lipinski definition) is 1. The lowest BCUT2D eigenvalue weighted by Crippen LogP contribution is -2.35. The molecule has 0 aromatic heterocycles. The molecule has 0 saturated carbocycles. The van der Waals surface area contributed by atoms with Crippen LogP contribution in [0.1, 0.15) is 63.2 Å². The highest BCUT2D eigenvalue weighted by atomic mass is 19.1. The first-order chi connectivity index (χ1) is 9.54. The van der Waals surface area contributed by atoms with Crippen LogP contribution >= 0.6 is 0 Å². The van der Waals surface area contributed by atoms with E-state index in [1.54, 1.807) is 13.8 Å². The zero-order valence-electron chi connectivity index (χ0n) is 12.8. The summed E-state index contributed by atoms with van der Waals surface area (Å²) in [6, 6.07) is 3.91. The van der Waals surface area contributed by atoms with Gasteiger partial charge in [-0.25, -0.2) is 4.39 Å². The molecular weight excluding hydrogens is 253 g/mol. The summed E-state index contributed by atoms with van der Waals surface area (Å²) in [6.07, 6.45) is 5.34. The van der Waals surface area contributed by atoms with Gasteiger partial charge in [-0.2, -0.15) is 0 Å². The average Bonchev–Trinajstić information content (AvgIpc) is 2.66. The summed E-state index contributed by atoms with van der Waals surface area (Å²) in [5.41, 5.74) is 2.39. The van der Waals surface area contributed by atoms with Crippen molar-refractivity contribution in [3.05, 3.63) is 29.1 Å². The van der Waals surface area contributed by atoms with Crippen LogP contribution in [0.2, 0.25) is 0 Å². The minimum atomic E-state index is -0.638. The van der Waals surface area contributed by atoms with E-state index in [4.69, 9.17) is 0 Å². The summed E-state index contributed by atoms with van der Waals surface area (Å²) in [4.78, 5) is 2.39. The molecule has 1 heterocycles. The van der Waals surface area contributed by atoms with Gasteiger partial charge in [0.05, 0.1) is 6.10 Å². The number of benzene rings is 1. The number of aliphatic hydroxyl groups is 1. The van der Waals surface area contributed by atoms with Gasteiger partial charge >= 0.3 is 0 Å². The van der Waals surface area contributed by atoms with Gasteiger partial charge in [0.2, 0.25) is 0 Å². The molecule has 2 unspecified atom stereocenters. The van der Waals surface area contributed by atoms with Gasteiger partial charge in [0.1, 0.15) is 5.82 Å². The highest BCUT2D eigenvalue weighted by Crippen LogP contribution is 2.33. The molecule has 1 aromatic rings. The molecule has 1 aliphatic heterocycles. The van der Waals surface area contributed by atoms with Crippen LogP contribution in [0.4, 0.5) is 10.1 Å². The Bertz CT molecular complexity index is 459. The second-order valence-corrected chi connectivity index (χ2v) is 5.94. The van der Waals surface area contributed by atoms with E-state index in [9.17, 15) is 9.50 Å². The minimum Gasteiger partial charge on any atom is -0.389 e. The summed E-state index contributed by atoms with van der Waals surface area (Å²) in [7, 11) is 0. The van der Waals surface area contributed by atoms with Gasteiger partial charge in [-0.05, 0) is 50.8 Å². The van der Waals surface area contributed by atoms with E-state index >= 15 is 0 Å². The predicted molar refractivity (Wildman–Crippen MR) is 81.7 cm³/mol. The fraction of sp³-hybridized carbons (Fsp3) is 0.647. The summed E-state index contributed by atoms with van der Waals surface area (Å²) in [6.45, 7) is 6.72. The molecule has 1 fully saturated rings. The van der Waals surface area contributed by atoms with Crippen LogP contribution in [-0.2, 0) is 0 Å². The van der Waals surface area contributed by atoms with E-state index in [2.05, 4.69) is 11.8 Å². The lowest BCUT2D eigenvalue weighted by atomic mass is 10.0. The molecule has 0 aliphatic carbocycles. The normalized spacial score (nSPS) is 21.6. The maximum atomic E-state index is 13.8. The topological polar surface area (TPSA) is 23.5 Å². The first kappa shape index (κ1) is 15.3. The molecule has 0 bridgehead atoms. The van der Waals surface area contributed by atoms with Gasteiger partial charge in [0.25, 0.3) is 0 Å². The molecule has 0 spiro atoms. The van der Waals surface area contributed by atoms with Crippen LogP contribution in [0.15, 0.2) is 12.1 Å². The largest absolute Gasteiger partial charge is 0.389 e. The molecule has 2 nitrogen and oxygen atoms in total. The van der Waals surface area contributed by atoms with Gasteiger partial charge in [-0.1, -0.05) is 19.8 Å². The van der Waals surface area contributed by atoms with Crippen molar-refractivity contribution in [2.24, 2.45) is 0 Å². The van der Waals surface area contributed by atoms with E-state index in [1.165, 1.54) is 31.7 Å². The van der Waals surface area contributed by atoms with E-state index < -0.39 is 6.10 Å². The highest BCUT2D eigenvalue weighted by molar-refractivity contribution is 5.57. The fourth-order valence-corrected chi connectivity index (χ4v) is 3.18. The number of aliphatic hydroxyl groups excluding tert-OH is 1. The Hall–Kier alpha value is -1.09. The Kier molecular flexibility index (Phi) is 5.03. The molecule has 112 valence electrons. The molecule has 1 aliphatic rings. The van der Waals surface area contributed by atoms with Crippen LogP contribution in [-0.4, -0.2) is 17.7 Å². The molecule has 0 amide bonds. The van der Waals surface area contributed by atoms with Crippen LogP contribution in [0, 0.1) is 12.7 Å². The van der Waals surface area contributed by atoms with Crippen molar-refractivity contribution in [2.45, 2.75) is 65.0 Å². The molecule has 2 atom stereocenters. The molecule has 1 N–H and O–H groups in total. The molecule has 0 radical (unpaired) electrons. The average molecular weight is 279 g/mol. The van der Waals surface area contributed by atoms with E-state index in [-0.39, 0.29) is 5.82 Å². The van der Waals surface area contributed by atoms with Crippen LogP contribution in [0.3, 0.4) is 0 Å². The van der Waals surface area contributed by atoms with Crippen molar-refractivity contribution in [2.75, 3.05) is 11.4 Å². The zero-order valence-corrected chi connectivity index (χ0v) is 12.8. The Labute approximate surface area is 121 Å². The van der Waals surface area contributed by atoms with Gasteiger partial charge < -0.3 is 10.0 Å². The Balaban J connectivity index is 2.45. The quantitative estimate of drug-likeness (QED) is 0.889. The van der Waals surface area contributed by atoms with Crippen molar-refractivity contribution in [1.82, 2.24) is 0 Å². The number of aryl methyl sites for hydroxylation is 1. The number of anilines is 1. The zero-order chi connectivity index (χ0) is 14.7. The van der Waals surface area contributed by atoms with Crippen LogP contribution in [0.5, 0.6) is 0 Å². The van der Waals surface area contributed by atoms with Gasteiger partial charge in [0.15, 0.2) is 0 Å².